The lowest BCUT2D eigenvalue weighted by Gasteiger charge is -2.09. The van der Waals surface area contributed by atoms with Crippen molar-refractivity contribution in [1.29, 1.82) is 0 Å². The third kappa shape index (κ3) is 3.91. The molecule has 2 rings (SSSR count). The van der Waals surface area contributed by atoms with Crippen molar-refractivity contribution in [2.24, 2.45) is 0 Å². The fourth-order valence-electron chi connectivity index (χ4n) is 1.41. The number of amides is 1. The summed E-state index contributed by atoms with van der Waals surface area (Å²) in [5.74, 6) is 0.690. The third-order valence-corrected chi connectivity index (χ3v) is 2.90. The standard InChI is InChI=1S/C13H11Cl2NO3/c14-10-4-1-5-11(15)13(10)19-8-12(17)16-7-9-3-2-6-18-9/h1-6H,7-8H2,(H,16,17). The molecule has 1 aromatic heterocycles. The molecule has 1 aromatic carbocycles. The van der Waals surface area contributed by atoms with Gasteiger partial charge in [0.15, 0.2) is 12.4 Å². The second-order valence-electron chi connectivity index (χ2n) is 3.70. The summed E-state index contributed by atoms with van der Waals surface area (Å²) in [6, 6.07) is 8.51. The number of furan rings is 1. The van der Waals surface area contributed by atoms with Crippen LogP contribution in [0, 0.1) is 0 Å². The first-order chi connectivity index (χ1) is 9.16. The predicted octanol–water partition coefficient (Wildman–Crippen LogP) is 3.28. The van der Waals surface area contributed by atoms with Gasteiger partial charge in [-0.25, -0.2) is 0 Å². The average molecular weight is 300 g/mol. The maximum atomic E-state index is 11.6. The summed E-state index contributed by atoms with van der Waals surface area (Å²) < 4.78 is 10.4. The van der Waals surface area contributed by atoms with Gasteiger partial charge < -0.3 is 14.5 Å². The number of hydrogen-bond donors (Lipinski definition) is 1. The molecule has 0 aliphatic rings. The van der Waals surface area contributed by atoms with Crippen molar-refractivity contribution in [2.45, 2.75) is 6.54 Å². The van der Waals surface area contributed by atoms with Gasteiger partial charge in [-0.3, -0.25) is 4.79 Å². The quantitative estimate of drug-likeness (QED) is 0.922. The first-order valence-electron chi connectivity index (χ1n) is 5.52. The van der Waals surface area contributed by atoms with Gasteiger partial charge in [-0.1, -0.05) is 29.3 Å². The van der Waals surface area contributed by atoms with Crippen LogP contribution < -0.4 is 10.1 Å². The maximum absolute atomic E-state index is 11.6. The minimum Gasteiger partial charge on any atom is -0.481 e. The minimum atomic E-state index is -0.285. The molecule has 1 N–H and O–H groups in total. The van der Waals surface area contributed by atoms with E-state index < -0.39 is 0 Å². The third-order valence-electron chi connectivity index (χ3n) is 2.31. The molecular formula is C13H11Cl2NO3. The van der Waals surface area contributed by atoms with E-state index in [0.29, 0.717) is 28.1 Å². The van der Waals surface area contributed by atoms with Crippen LogP contribution in [0.4, 0.5) is 0 Å². The molecule has 0 radical (unpaired) electrons. The van der Waals surface area contributed by atoms with Gasteiger partial charge in [-0.05, 0) is 24.3 Å². The molecule has 0 unspecified atom stereocenters. The van der Waals surface area contributed by atoms with Crippen LogP contribution in [-0.2, 0) is 11.3 Å². The van der Waals surface area contributed by atoms with Gasteiger partial charge in [0.2, 0.25) is 0 Å². The Hall–Kier alpha value is -1.65. The van der Waals surface area contributed by atoms with E-state index in [0.717, 1.165) is 0 Å². The van der Waals surface area contributed by atoms with Crippen molar-refractivity contribution in [3.05, 3.63) is 52.4 Å². The topological polar surface area (TPSA) is 51.5 Å². The largest absolute Gasteiger partial charge is 0.481 e. The van der Waals surface area contributed by atoms with Gasteiger partial charge in [0, 0.05) is 0 Å². The van der Waals surface area contributed by atoms with Crippen LogP contribution in [0.1, 0.15) is 5.76 Å². The van der Waals surface area contributed by atoms with Crippen LogP contribution in [0.25, 0.3) is 0 Å². The van der Waals surface area contributed by atoms with Crippen molar-refractivity contribution >= 4 is 29.1 Å². The number of para-hydroxylation sites is 1. The number of ether oxygens (including phenoxy) is 1. The van der Waals surface area contributed by atoms with Gasteiger partial charge in [-0.2, -0.15) is 0 Å². The zero-order chi connectivity index (χ0) is 13.7. The predicted molar refractivity (Wildman–Crippen MR) is 72.5 cm³/mol. The Labute approximate surface area is 120 Å². The number of hydrogen-bond acceptors (Lipinski definition) is 3. The van der Waals surface area contributed by atoms with Gasteiger partial charge in [0.25, 0.3) is 5.91 Å². The molecule has 0 aliphatic carbocycles. The van der Waals surface area contributed by atoms with Crippen molar-refractivity contribution < 1.29 is 13.9 Å². The highest BCUT2D eigenvalue weighted by Gasteiger charge is 2.09. The highest BCUT2D eigenvalue weighted by Crippen LogP contribution is 2.32. The Morgan fingerprint density at radius 2 is 1.95 bits per heavy atom. The Kier molecular flexibility index (Phi) is 4.71. The molecule has 1 heterocycles. The molecule has 1 amide bonds. The van der Waals surface area contributed by atoms with Gasteiger partial charge in [0.05, 0.1) is 22.9 Å². The van der Waals surface area contributed by atoms with Crippen LogP contribution in [0.15, 0.2) is 41.0 Å². The van der Waals surface area contributed by atoms with Gasteiger partial charge in [0.1, 0.15) is 5.76 Å². The second kappa shape index (κ2) is 6.50. The molecule has 2 aromatic rings. The van der Waals surface area contributed by atoms with Crippen molar-refractivity contribution in [2.75, 3.05) is 6.61 Å². The summed E-state index contributed by atoms with van der Waals surface area (Å²) in [6.07, 6.45) is 1.54. The summed E-state index contributed by atoms with van der Waals surface area (Å²) in [6.45, 7) is 0.148. The summed E-state index contributed by atoms with van der Waals surface area (Å²) in [4.78, 5) is 11.6. The minimum absolute atomic E-state index is 0.163. The average Bonchev–Trinajstić information content (AvgIpc) is 2.89. The zero-order valence-electron chi connectivity index (χ0n) is 9.86. The molecule has 0 bridgehead atoms. The van der Waals surface area contributed by atoms with Crippen molar-refractivity contribution in [1.82, 2.24) is 5.32 Å². The lowest BCUT2D eigenvalue weighted by atomic mass is 10.3. The van der Waals surface area contributed by atoms with E-state index in [2.05, 4.69) is 5.32 Å². The molecular weight excluding hydrogens is 289 g/mol. The summed E-state index contributed by atoms with van der Waals surface area (Å²) in [5, 5.41) is 3.38. The van der Waals surface area contributed by atoms with E-state index in [1.54, 1.807) is 36.6 Å². The lowest BCUT2D eigenvalue weighted by molar-refractivity contribution is -0.123. The fourth-order valence-corrected chi connectivity index (χ4v) is 1.91. The first kappa shape index (κ1) is 13.8. The second-order valence-corrected chi connectivity index (χ2v) is 4.51. The molecule has 19 heavy (non-hydrogen) atoms. The molecule has 0 atom stereocenters. The van der Waals surface area contributed by atoms with E-state index in [1.807, 2.05) is 0 Å². The van der Waals surface area contributed by atoms with Crippen LogP contribution >= 0.6 is 23.2 Å². The Morgan fingerprint density at radius 1 is 1.21 bits per heavy atom. The molecule has 100 valence electrons. The summed E-state index contributed by atoms with van der Waals surface area (Å²) in [7, 11) is 0. The Morgan fingerprint density at radius 3 is 2.58 bits per heavy atom. The molecule has 4 nitrogen and oxygen atoms in total. The monoisotopic (exact) mass is 299 g/mol. The van der Waals surface area contributed by atoms with E-state index in [4.69, 9.17) is 32.4 Å². The SMILES string of the molecule is O=C(COc1c(Cl)cccc1Cl)NCc1ccco1. The first-order valence-corrected chi connectivity index (χ1v) is 6.28. The van der Waals surface area contributed by atoms with Crippen LogP contribution in [0.5, 0.6) is 5.75 Å². The van der Waals surface area contributed by atoms with E-state index >= 15 is 0 Å². The van der Waals surface area contributed by atoms with Crippen molar-refractivity contribution in [3.63, 3.8) is 0 Å². The number of carbonyl (C=O) groups excluding carboxylic acids is 1. The molecule has 0 saturated carbocycles. The molecule has 0 fully saturated rings. The summed E-state index contributed by atoms with van der Waals surface area (Å²) >= 11 is 11.8. The summed E-state index contributed by atoms with van der Waals surface area (Å²) in [5.41, 5.74) is 0. The van der Waals surface area contributed by atoms with Crippen LogP contribution in [0.3, 0.4) is 0 Å². The van der Waals surface area contributed by atoms with E-state index in [-0.39, 0.29) is 12.5 Å². The smallest absolute Gasteiger partial charge is 0.258 e. The number of carbonyl (C=O) groups is 1. The fraction of sp³-hybridized carbons (Fsp3) is 0.154. The highest BCUT2D eigenvalue weighted by atomic mass is 35.5. The van der Waals surface area contributed by atoms with Crippen LogP contribution in [0.2, 0.25) is 10.0 Å². The van der Waals surface area contributed by atoms with Crippen LogP contribution in [-0.4, -0.2) is 12.5 Å². The highest BCUT2D eigenvalue weighted by molar-refractivity contribution is 6.37. The van der Waals surface area contributed by atoms with Gasteiger partial charge >= 0.3 is 0 Å². The normalized spacial score (nSPS) is 10.2. The molecule has 0 aliphatic heterocycles. The Bertz CT molecular complexity index is 535. The van der Waals surface area contributed by atoms with E-state index in [9.17, 15) is 4.79 Å². The Balaban J connectivity index is 1.83. The maximum Gasteiger partial charge on any atom is 0.258 e. The van der Waals surface area contributed by atoms with Gasteiger partial charge in [-0.15, -0.1) is 0 Å². The molecule has 6 heteroatoms. The van der Waals surface area contributed by atoms with E-state index in [1.165, 1.54) is 0 Å². The zero-order valence-corrected chi connectivity index (χ0v) is 11.4. The molecule has 0 saturated heterocycles. The number of benzene rings is 1. The molecule has 0 spiro atoms. The number of nitrogens with one attached hydrogen (secondary N) is 1. The number of halogens is 2. The lowest BCUT2D eigenvalue weighted by Crippen LogP contribution is -2.28. The van der Waals surface area contributed by atoms with Crippen molar-refractivity contribution in [3.8, 4) is 5.75 Å². The number of rotatable bonds is 5.